The molecule has 2 aromatic rings. The Kier molecular flexibility index (Phi) is 3.85. The molecule has 23 heavy (non-hydrogen) atoms. The highest BCUT2D eigenvalue weighted by Crippen LogP contribution is 2.37. The Morgan fingerprint density at radius 3 is 2.87 bits per heavy atom. The van der Waals surface area contributed by atoms with E-state index in [9.17, 15) is 4.79 Å². The minimum Gasteiger partial charge on any atom is -0.476 e. The van der Waals surface area contributed by atoms with Crippen LogP contribution in [0.1, 0.15) is 55.2 Å². The summed E-state index contributed by atoms with van der Waals surface area (Å²) in [5, 5.41) is 10.4. The van der Waals surface area contributed by atoms with Crippen molar-refractivity contribution in [1.29, 1.82) is 0 Å². The SMILES string of the molecule is O=C(O)C1=NC(c2c[nH]c3ncc(C4CCCCC4)cc23)CS1. The molecule has 0 saturated heterocycles. The van der Waals surface area contributed by atoms with Gasteiger partial charge in [-0.25, -0.2) is 9.78 Å². The number of thioether (sulfide) groups is 1. The van der Waals surface area contributed by atoms with Crippen LogP contribution < -0.4 is 0 Å². The zero-order valence-corrected chi connectivity index (χ0v) is 13.6. The monoisotopic (exact) mass is 329 g/mol. The molecule has 0 aromatic carbocycles. The second-order valence-corrected chi connectivity index (χ2v) is 7.32. The molecular formula is C17H19N3O2S. The Hall–Kier alpha value is -1.82. The van der Waals surface area contributed by atoms with E-state index >= 15 is 0 Å². The molecular weight excluding hydrogens is 310 g/mol. The highest BCUT2D eigenvalue weighted by Gasteiger charge is 2.26. The summed E-state index contributed by atoms with van der Waals surface area (Å²) in [4.78, 5) is 23.2. The fourth-order valence-electron chi connectivity index (χ4n) is 3.62. The van der Waals surface area contributed by atoms with Gasteiger partial charge in [-0.3, -0.25) is 4.99 Å². The van der Waals surface area contributed by atoms with Crippen LogP contribution in [0.4, 0.5) is 0 Å². The van der Waals surface area contributed by atoms with Gasteiger partial charge in [-0.1, -0.05) is 31.0 Å². The average molecular weight is 329 g/mol. The van der Waals surface area contributed by atoms with Crippen LogP contribution in [-0.2, 0) is 4.79 Å². The van der Waals surface area contributed by atoms with Gasteiger partial charge in [0.25, 0.3) is 0 Å². The smallest absolute Gasteiger partial charge is 0.360 e. The molecule has 2 N–H and O–H groups in total. The van der Waals surface area contributed by atoms with Crippen molar-refractivity contribution in [2.75, 3.05) is 5.75 Å². The van der Waals surface area contributed by atoms with Crippen LogP contribution in [0.3, 0.4) is 0 Å². The van der Waals surface area contributed by atoms with Gasteiger partial charge in [0.2, 0.25) is 0 Å². The number of nitrogens with zero attached hydrogens (tertiary/aromatic N) is 2. The van der Waals surface area contributed by atoms with Crippen molar-refractivity contribution in [3.05, 3.63) is 29.6 Å². The largest absolute Gasteiger partial charge is 0.476 e. The number of carbonyl (C=O) groups is 1. The summed E-state index contributed by atoms with van der Waals surface area (Å²) < 4.78 is 0. The first-order chi connectivity index (χ1) is 11.2. The van der Waals surface area contributed by atoms with E-state index in [1.54, 1.807) is 0 Å². The average Bonchev–Trinajstić information content (AvgIpc) is 3.21. The van der Waals surface area contributed by atoms with Crippen molar-refractivity contribution >= 4 is 33.8 Å². The van der Waals surface area contributed by atoms with Gasteiger partial charge >= 0.3 is 5.97 Å². The van der Waals surface area contributed by atoms with Gasteiger partial charge in [0.15, 0.2) is 5.04 Å². The lowest BCUT2D eigenvalue weighted by atomic mass is 9.84. The standard InChI is InChI=1S/C17H19N3O2S/c21-17(22)16-20-14(9-23-16)13-8-19-15-12(13)6-11(7-18-15)10-4-2-1-3-5-10/h6-8,10,14H,1-5,9H2,(H,18,19)(H,21,22). The molecule has 2 aromatic heterocycles. The van der Waals surface area contributed by atoms with Gasteiger partial charge in [-0.2, -0.15) is 0 Å². The number of rotatable bonds is 3. The van der Waals surface area contributed by atoms with E-state index < -0.39 is 5.97 Å². The lowest BCUT2D eigenvalue weighted by Gasteiger charge is -2.21. The third kappa shape index (κ3) is 2.76. The van der Waals surface area contributed by atoms with Crippen molar-refractivity contribution in [3.8, 4) is 0 Å². The van der Waals surface area contributed by atoms with Gasteiger partial charge in [0.1, 0.15) is 5.65 Å². The summed E-state index contributed by atoms with van der Waals surface area (Å²) in [7, 11) is 0. The lowest BCUT2D eigenvalue weighted by Crippen LogP contribution is -2.05. The molecule has 1 saturated carbocycles. The molecule has 2 aliphatic rings. The fourth-order valence-corrected chi connectivity index (χ4v) is 4.52. The number of aliphatic imine (C=N–C) groups is 1. The molecule has 0 radical (unpaired) electrons. The molecule has 0 amide bonds. The summed E-state index contributed by atoms with van der Waals surface area (Å²) in [6.45, 7) is 0. The third-order valence-electron chi connectivity index (χ3n) is 4.85. The molecule has 1 aliphatic heterocycles. The Morgan fingerprint density at radius 1 is 1.30 bits per heavy atom. The number of carboxylic acid groups (broad SMARTS) is 1. The first kappa shape index (κ1) is 14.8. The summed E-state index contributed by atoms with van der Waals surface area (Å²) in [5.74, 6) is 0.361. The van der Waals surface area contributed by atoms with Gasteiger partial charge in [0.05, 0.1) is 6.04 Å². The van der Waals surface area contributed by atoms with Gasteiger partial charge in [0, 0.05) is 29.1 Å². The zero-order chi connectivity index (χ0) is 15.8. The number of fused-ring (bicyclic) bond motifs is 1. The van der Waals surface area contributed by atoms with Gasteiger partial charge in [-0.05, 0) is 30.4 Å². The predicted octanol–water partition coefficient (Wildman–Crippen LogP) is 3.88. The van der Waals surface area contributed by atoms with E-state index in [1.807, 2.05) is 12.4 Å². The normalized spacial score (nSPS) is 22.4. The highest BCUT2D eigenvalue weighted by molar-refractivity contribution is 8.16. The molecule has 0 bridgehead atoms. The second-order valence-electron chi connectivity index (χ2n) is 6.31. The number of hydrogen-bond acceptors (Lipinski definition) is 4. The molecule has 3 heterocycles. The summed E-state index contributed by atoms with van der Waals surface area (Å²) in [6.07, 6.45) is 10.4. The van der Waals surface area contributed by atoms with E-state index in [-0.39, 0.29) is 11.1 Å². The topological polar surface area (TPSA) is 78.3 Å². The van der Waals surface area contributed by atoms with Crippen molar-refractivity contribution in [2.24, 2.45) is 4.99 Å². The number of nitrogens with one attached hydrogen (secondary N) is 1. The molecule has 5 nitrogen and oxygen atoms in total. The van der Waals surface area contributed by atoms with Crippen LogP contribution in [0.25, 0.3) is 11.0 Å². The van der Waals surface area contributed by atoms with Crippen LogP contribution in [0.15, 0.2) is 23.5 Å². The number of aliphatic carboxylic acids is 1. The van der Waals surface area contributed by atoms with Gasteiger partial charge in [-0.15, -0.1) is 0 Å². The molecule has 1 fully saturated rings. The first-order valence-corrected chi connectivity index (χ1v) is 9.12. The Balaban J connectivity index is 1.69. The van der Waals surface area contributed by atoms with Crippen molar-refractivity contribution in [3.63, 3.8) is 0 Å². The number of aromatic nitrogens is 2. The number of hydrogen-bond donors (Lipinski definition) is 2. The molecule has 4 rings (SSSR count). The van der Waals surface area contributed by atoms with E-state index in [4.69, 9.17) is 5.11 Å². The van der Waals surface area contributed by atoms with Crippen LogP contribution >= 0.6 is 11.8 Å². The fraction of sp³-hybridized carbons (Fsp3) is 0.471. The maximum Gasteiger partial charge on any atom is 0.360 e. The maximum atomic E-state index is 11.1. The van der Waals surface area contributed by atoms with E-state index in [1.165, 1.54) is 49.4 Å². The van der Waals surface area contributed by atoms with Crippen molar-refractivity contribution in [2.45, 2.75) is 44.1 Å². The Morgan fingerprint density at radius 2 is 2.13 bits per heavy atom. The predicted molar refractivity (Wildman–Crippen MR) is 92.2 cm³/mol. The van der Waals surface area contributed by atoms with Crippen LogP contribution in [0, 0.1) is 0 Å². The van der Waals surface area contributed by atoms with E-state index in [0.29, 0.717) is 11.7 Å². The summed E-state index contributed by atoms with van der Waals surface area (Å²) in [5.41, 5.74) is 3.24. The highest BCUT2D eigenvalue weighted by atomic mass is 32.2. The minimum atomic E-state index is -0.932. The van der Waals surface area contributed by atoms with Crippen LogP contribution in [-0.4, -0.2) is 31.8 Å². The number of H-pyrrole nitrogens is 1. The second kappa shape index (κ2) is 6.00. The summed E-state index contributed by atoms with van der Waals surface area (Å²) in [6, 6.07) is 2.14. The number of carboxylic acids is 1. The maximum absolute atomic E-state index is 11.1. The first-order valence-electron chi connectivity index (χ1n) is 8.13. The van der Waals surface area contributed by atoms with Crippen molar-refractivity contribution in [1.82, 2.24) is 9.97 Å². The third-order valence-corrected chi connectivity index (χ3v) is 5.89. The molecule has 0 spiro atoms. The van der Waals surface area contributed by atoms with Gasteiger partial charge < -0.3 is 10.1 Å². The molecule has 1 aliphatic carbocycles. The van der Waals surface area contributed by atoms with Crippen molar-refractivity contribution < 1.29 is 9.90 Å². The number of pyridine rings is 1. The molecule has 120 valence electrons. The summed E-state index contributed by atoms with van der Waals surface area (Å²) >= 11 is 1.31. The Bertz CT molecular complexity index is 777. The minimum absolute atomic E-state index is 0.0942. The van der Waals surface area contributed by atoms with E-state index in [2.05, 4.69) is 21.0 Å². The van der Waals surface area contributed by atoms with Crippen LogP contribution in [0.5, 0.6) is 0 Å². The number of aromatic amines is 1. The molecule has 1 atom stereocenters. The Labute approximate surface area is 138 Å². The van der Waals surface area contributed by atoms with Crippen LogP contribution in [0.2, 0.25) is 0 Å². The van der Waals surface area contributed by atoms with E-state index in [0.717, 1.165) is 16.6 Å². The molecule has 6 heteroatoms. The molecule has 1 unspecified atom stereocenters. The quantitative estimate of drug-likeness (QED) is 0.895. The lowest BCUT2D eigenvalue weighted by molar-refractivity contribution is -0.129. The zero-order valence-electron chi connectivity index (χ0n) is 12.8.